The first-order valence-electron chi connectivity index (χ1n) is 6.25. The van der Waals surface area contributed by atoms with Crippen LogP contribution >= 0.6 is 11.8 Å². The summed E-state index contributed by atoms with van der Waals surface area (Å²) in [7, 11) is -3.85. The van der Waals surface area contributed by atoms with E-state index < -0.39 is 10.0 Å². The van der Waals surface area contributed by atoms with Gasteiger partial charge in [-0.1, -0.05) is 12.1 Å². The molecule has 2 aromatic carbocycles. The molecule has 0 aliphatic heterocycles. The second-order valence-corrected chi connectivity index (χ2v) is 6.64. The summed E-state index contributed by atoms with van der Waals surface area (Å²) < 4.78 is 25.9. The largest absolute Gasteiger partial charge is 0.399 e. The third-order valence-corrected chi connectivity index (χ3v) is 4.87. The summed E-state index contributed by atoms with van der Waals surface area (Å²) in [5.41, 5.74) is 8.29. The van der Waals surface area contributed by atoms with Gasteiger partial charge in [0.2, 0.25) is 0 Å². The van der Waals surface area contributed by atoms with Gasteiger partial charge in [-0.15, -0.1) is 4.24 Å². The van der Waals surface area contributed by atoms with Crippen LogP contribution in [0.3, 0.4) is 0 Å². The number of hydrogen-bond acceptors (Lipinski definition) is 5. The number of anilines is 1. The van der Waals surface area contributed by atoms with Crippen LogP contribution in [0.1, 0.15) is 0 Å². The number of nitrogens with zero attached hydrogens (tertiary/aromatic N) is 2. The summed E-state index contributed by atoms with van der Waals surface area (Å²) in [6, 6.07) is 11.7. The highest BCUT2D eigenvalue weighted by Gasteiger charge is 2.20. The molecule has 8 heteroatoms. The Morgan fingerprint density at radius 2 is 1.82 bits per heavy atom. The maximum Gasteiger partial charge on any atom is 0.254 e. The van der Waals surface area contributed by atoms with Crippen LogP contribution in [-0.2, 0) is 10.0 Å². The van der Waals surface area contributed by atoms with E-state index >= 15 is 0 Å². The van der Waals surface area contributed by atoms with Crippen LogP contribution in [0.15, 0.2) is 53.6 Å². The number of rotatable bonds is 3. The lowest BCUT2D eigenvalue weighted by Gasteiger charge is -2.10. The molecule has 112 valence electrons. The number of fused-ring (bicyclic) bond motifs is 1. The number of hydrogen-bond donors (Lipinski definition) is 2. The molecule has 0 amide bonds. The summed E-state index contributed by atoms with van der Waals surface area (Å²) in [6.07, 6.45) is 1.50. The lowest BCUT2D eigenvalue weighted by molar-refractivity contribution is 0.594. The highest BCUT2D eigenvalue weighted by molar-refractivity contribution is 7.90. The van der Waals surface area contributed by atoms with Crippen molar-refractivity contribution in [1.82, 2.24) is 14.2 Å². The van der Waals surface area contributed by atoms with Crippen molar-refractivity contribution >= 4 is 38.5 Å². The fraction of sp³-hybridized carbons (Fsp3) is 0. The van der Waals surface area contributed by atoms with Crippen LogP contribution < -0.4 is 9.97 Å². The lowest BCUT2D eigenvalue weighted by atomic mass is 10.1. The van der Waals surface area contributed by atoms with Crippen LogP contribution in [0.4, 0.5) is 5.69 Å². The second-order valence-electron chi connectivity index (χ2n) is 4.58. The smallest absolute Gasteiger partial charge is 0.254 e. The minimum Gasteiger partial charge on any atom is -0.399 e. The molecule has 0 bridgehead atoms. The molecule has 3 aromatic rings. The SMILES string of the molecule is Nc1ccc(S(=O)(=O)NCl)c(-c2cnc3ccccc3n2)c1. The van der Waals surface area contributed by atoms with Gasteiger partial charge in [-0.05, 0) is 42.1 Å². The molecule has 6 nitrogen and oxygen atoms in total. The standard InChI is InChI=1S/C14H11ClN4O2S/c15-19-22(20,21)14-6-5-9(16)7-10(14)13-8-17-11-3-1-2-4-12(11)18-13/h1-8,19H,16H2. The van der Waals surface area contributed by atoms with Crippen molar-refractivity contribution < 1.29 is 8.42 Å². The molecule has 0 saturated carbocycles. The van der Waals surface area contributed by atoms with Crippen molar-refractivity contribution in [2.75, 3.05) is 5.73 Å². The maximum absolute atomic E-state index is 12.0. The fourth-order valence-electron chi connectivity index (χ4n) is 2.11. The number of para-hydroxylation sites is 2. The molecule has 0 aliphatic rings. The van der Waals surface area contributed by atoms with Crippen LogP contribution in [0, 0.1) is 0 Å². The fourth-order valence-corrected chi connectivity index (χ4v) is 3.14. The molecular weight excluding hydrogens is 324 g/mol. The average Bonchev–Trinajstić information content (AvgIpc) is 2.54. The Morgan fingerprint density at radius 1 is 1.09 bits per heavy atom. The van der Waals surface area contributed by atoms with Gasteiger partial charge in [0.15, 0.2) is 0 Å². The zero-order valence-electron chi connectivity index (χ0n) is 11.2. The van der Waals surface area contributed by atoms with Crippen molar-refractivity contribution in [3.63, 3.8) is 0 Å². The van der Waals surface area contributed by atoms with E-state index in [2.05, 4.69) is 9.97 Å². The van der Waals surface area contributed by atoms with Gasteiger partial charge in [-0.25, -0.2) is 13.4 Å². The highest BCUT2D eigenvalue weighted by Crippen LogP contribution is 2.28. The Bertz CT molecular complexity index is 960. The van der Waals surface area contributed by atoms with Gasteiger partial charge >= 0.3 is 0 Å². The minimum atomic E-state index is -3.85. The number of aromatic nitrogens is 2. The van der Waals surface area contributed by atoms with Crippen LogP contribution in [0.5, 0.6) is 0 Å². The number of sulfonamides is 1. The zero-order chi connectivity index (χ0) is 15.7. The quantitative estimate of drug-likeness (QED) is 0.565. The summed E-state index contributed by atoms with van der Waals surface area (Å²) in [4.78, 5) is 8.71. The molecule has 0 saturated heterocycles. The normalized spacial score (nSPS) is 11.7. The Morgan fingerprint density at radius 3 is 2.55 bits per heavy atom. The number of halogens is 1. The van der Waals surface area contributed by atoms with Crippen molar-refractivity contribution in [1.29, 1.82) is 0 Å². The first-order valence-corrected chi connectivity index (χ1v) is 8.11. The van der Waals surface area contributed by atoms with E-state index in [1.54, 1.807) is 10.3 Å². The van der Waals surface area contributed by atoms with Gasteiger partial charge in [0.25, 0.3) is 10.0 Å². The maximum atomic E-state index is 12.0. The number of nitrogen functional groups attached to an aromatic ring is 1. The van der Waals surface area contributed by atoms with E-state index in [1.165, 1.54) is 24.4 Å². The molecule has 0 radical (unpaired) electrons. The predicted molar refractivity (Wildman–Crippen MR) is 85.6 cm³/mol. The monoisotopic (exact) mass is 334 g/mol. The highest BCUT2D eigenvalue weighted by atomic mass is 35.5. The molecule has 0 atom stereocenters. The molecule has 0 fully saturated rings. The predicted octanol–water partition coefficient (Wildman–Crippen LogP) is 2.31. The molecule has 1 aromatic heterocycles. The molecule has 1 heterocycles. The summed E-state index contributed by atoms with van der Waals surface area (Å²) in [6.45, 7) is 0. The number of nitrogens with one attached hydrogen (secondary N) is 1. The van der Waals surface area contributed by atoms with E-state index in [1.807, 2.05) is 18.2 Å². The van der Waals surface area contributed by atoms with E-state index in [4.69, 9.17) is 17.5 Å². The average molecular weight is 335 g/mol. The van der Waals surface area contributed by atoms with Crippen LogP contribution in [0.25, 0.3) is 22.3 Å². The van der Waals surface area contributed by atoms with Gasteiger partial charge in [0.05, 0.1) is 27.8 Å². The first-order chi connectivity index (χ1) is 10.5. The summed E-state index contributed by atoms with van der Waals surface area (Å²) in [5, 5.41) is 0. The van der Waals surface area contributed by atoms with E-state index in [-0.39, 0.29) is 4.90 Å². The molecule has 22 heavy (non-hydrogen) atoms. The van der Waals surface area contributed by atoms with Crippen molar-refractivity contribution in [2.24, 2.45) is 0 Å². The third kappa shape index (κ3) is 2.61. The minimum absolute atomic E-state index is 0.0127. The molecular formula is C14H11ClN4O2S. The first kappa shape index (κ1) is 14.7. The molecule has 0 unspecified atom stereocenters. The van der Waals surface area contributed by atoms with E-state index in [0.717, 1.165) is 5.52 Å². The van der Waals surface area contributed by atoms with E-state index in [9.17, 15) is 8.42 Å². The summed E-state index contributed by atoms with van der Waals surface area (Å²) >= 11 is 5.32. The van der Waals surface area contributed by atoms with Gasteiger partial charge in [0.1, 0.15) is 0 Å². The Labute approximate surface area is 132 Å². The Kier molecular flexibility index (Phi) is 3.69. The van der Waals surface area contributed by atoms with Gasteiger partial charge in [0, 0.05) is 11.3 Å². The summed E-state index contributed by atoms with van der Waals surface area (Å²) in [5.74, 6) is 0. The number of nitrogens with two attached hydrogens (primary N) is 1. The molecule has 3 rings (SSSR count). The zero-order valence-corrected chi connectivity index (χ0v) is 12.8. The van der Waals surface area contributed by atoms with E-state index in [0.29, 0.717) is 22.5 Å². The van der Waals surface area contributed by atoms with Crippen molar-refractivity contribution in [3.05, 3.63) is 48.7 Å². The lowest BCUT2D eigenvalue weighted by Crippen LogP contribution is -2.15. The molecule has 3 N–H and O–H groups in total. The second kappa shape index (κ2) is 5.53. The third-order valence-electron chi connectivity index (χ3n) is 3.12. The van der Waals surface area contributed by atoms with Crippen molar-refractivity contribution in [2.45, 2.75) is 4.90 Å². The van der Waals surface area contributed by atoms with Crippen molar-refractivity contribution in [3.8, 4) is 11.3 Å². The van der Waals surface area contributed by atoms with Crippen LogP contribution in [0.2, 0.25) is 0 Å². The number of benzene rings is 2. The van der Waals surface area contributed by atoms with Gasteiger partial charge in [-0.2, -0.15) is 0 Å². The molecule has 0 aliphatic carbocycles. The Balaban J connectivity index is 2.27. The topological polar surface area (TPSA) is 98.0 Å². The van der Waals surface area contributed by atoms with Gasteiger partial charge < -0.3 is 5.73 Å². The molecule has 0 spiro atoms. The van der Waals surface area contributed by atoms with Crippen LogP contribution in [-0.4, -0.2) is 18.4 Å². The Hall–Kier alpha value is -2.22. The van der Waals surface area contributed by atoms with Gasteiger partial charge in [-0.3, -0.25) is 4.98 Å².